The van der Waals surface area contributed by atoms with E-state index in [0.717, 1.165) is 19.3 Å². The molecule has 0 fully saturated rings. The molecule has 1 aromatic carbocycles. The van der Waals surface area contributed by atoms with Crippen LogP contribution < -0.4 is 16.6 Å². The summed E-state index contributed by atoms with van der Waals surface area (Å²) in [6.45, 7) is 4.03. The fourth-order valence-electron chi connectivity index (χ4n) is 1.94. The van der Waals surface area contributed by atoms with Crippen molar-refractivity contribution in [1.82, 2.24) is 5.32 Å². The lowest BCUT2D eigenvalue weighted by Crippen LogP contribution is -2.34. The second-order valence-electron chi connectivity index (χ2n) is 4.50. The van der Waals surface area contributed by atoms with E-state index < -0.39 is 4.92 Å². The molecule has 0 bridgehead atoms. The number of nitrogen functional groups attached to an aromatic ring is 1. The van der Waals surface area contributed by atoms with E-state index in [0.29, 0.717) is 0 Å². The van der Waals surface area contributed by atoms with Crippen molar-refractivity contribution in [3.63, 3.8) is 0 Å². The maximum absolute atomic E-state index is 12.1. The lowest BCUT2D eigenvalue weighted by Gasteiger charge is -2.16. The molecular weight excluding hydrogens is 260 g/mol. The van der Waals surface area contributed by atoms with Crippen molar-refractivity contribution in [2.45, 2.75) is 39.2 Å². The second-order valence-corrected chi connectivity index (χ2v) is 4.50. The summed E-state index contributed by atoms with van der Waals surface area (Å²) in [5.74, 6) is 4.89. The number of amides is 1. The van der Waals surface area contributed by atoms with Crippen molar-refractivity contribution in [2.75, 3.05) is 5.43 Å². The molecule has 0 heterocycles. The fourth-order valence-corrected chi connectivity index (χ4v) is 1.94. The first-order valence-electron chi connectivity index (χ1n) is 6.59. The summed E-state index contributed by atoms with van der Waals surface area (Å²) in [7, 11) is 0. The van der Waals surface area contributed by atoms with Crippen LogP contribution in [0.25, 0.3) is 0 Å². The van der Waals surface area contributed by atoms with Crippen LogP contribution in [0.15, 0.2) is 18.2 Å². The van der Waals surface area contributed by atoms with E-state index in [9.17, 15) is 14.9 Å². The fraction of sp³-hybridized carbons (Fsp3) is 0.462. The van der Waals surface area contributed by atoms with E-state index in [2.05, 4.69) is 10.7 Å². The largest absolute Gasteiger partial charge is 0.349 e. The van der Waals surface area contributed by atoms with Crippen LogP contribution in [0.3, 0.4) is 0 Å². The van der Waals surface area contributed by atoms with Crippen LogP contribution in [-0.4, -0.2) is 16.9 Å². The molecule has 0 aliphatic rings. The van der Waals surface area contributed by atoms with Gasteiger partial charge >= 0.3 is 0 Å². The van der Waals surface area contributed by atoms with Crippen LogP contribution in [-0.2, 0) is 0 Å². The molecule has 0 aromatic heterocycles. The molecule has 110 valence electrons. The van der Waals surface area contributed by atoms with Crippen molar-refractivity contribution < 1.29 is 9.72 Å². The zero-order valence-electron chi connectivity index (χ0n) is 11.7. The minimum absolute atomic E-state index is 0.0823. The molecular formula is C13H20N4O3. The number of hydrogen-bond donors (Lipinski definition) is 3. The highest BCUT2D eigenvalue weighted by molar-refractivity contribution is 5.95. The summed E-state index contributed by atoms with van der Waals surface area (Å²) in [6, 6.07) is 4.24. The molecule has 7 nitrogen and oxygen atoms in total. The number of nitrogens with zero attached hydrogens (tertiary/aromatic N) is 1. The number of nitrogens with two attached hydrogens (primary N) is 1. The number of benzene rings is 1. The van der Waals surface area contributed by atoms with E-state index in [1.807, 2.05) is 13.8 Å². The standard InChI is InChI=1S/C13H20N4O3/c1-3-5-10(4-2)15-13(18)9-6-7-11(16-14)12(8-9)17(19)20/h6-8,10,16H,3-5,14H2,1-2H3,(H,15,18). The molecule has 1 rings (SSSR count). The topological polar surface area (TPSA) is 110 Å². The minimum atomic E-state index is -0.574. The molecule has 0 spiro atoms. The number of carbonyl (C=O) groups excluding carboxylic acids is 1. The van der Waals surface area contributed by atoms with Crippen LogP contribution in [0.4, 0.5) is 11.4 Å². The van der Waals surface area contributed by atoms with E-state index >= 15 is 0 Å². The molecule has 0 saturated carbocycles. The Morgan fingerprint density at radius 1 is 1.45 bits per heavy atom. The van der Waals surface area contributed by atoms with Gasteiger partial charge in [0.25, 0.3) is 11.6 Å². The highest BCUT2D eigenvalue weighted by Crippen LogP contribution is 2.24. The molecule has 1 amide bonds. The molecule has 0 radical (unpaired) electrons. The van der Waals surface area contributed by atoms with Crippen molar-refractivity contribution in [1.29, 1.82) is 0 Å². The normalized spacial score (nSPS) is 11.8. The number of nitro groups is 1. The second kappa shape index (κ2) is 7.44. The van der Waals surface area contributed by atoms with E-state index in [-0.39, 0.29) is 28.9 Å². The first kappa shape index (κ1) is 15.9. The third kappa shape index (κ3) is 3.92. The van der Waals surface area contributed by atoms with Crippen molar-refractivity contribution in [2.24, 2.45) is 5.84 Å². The Balaban J connectivity index is 2.93. The van der Waals surface area contributed by atoms with Crippen LogP contribution >= 0.6 is 0 Å². The Morgan fingerprint density at radius 2 is 2.15 bits per heavy atom. The van der Waals surface area contributed by atoms with Gasteiger partial charge in [0.05, 0.1) is 4.92 Å². The smallest absolute Gasteiger partial charge is 0.294 e. The van der Waals surface area contributed by atoms with Gasteiger partial charge < -0.3 is 10.7 Å². The summed E-state index contributed by atoms with van der Waals surface area (Å²) in [5, 5.41) is 13.8. The van der Waals surface area contributed by atoms with Gasteiger partial charge in [-0.2, -0.15) is 0 Å². The Bertz CT molecular complexity index is 491. The number of anilines is 1. The zero-order valence-corrected chi connectivity index (χ0v) is 11.7. The monoisotopic (exact) mass is 280 g/mol. The minimum Gasteiger partial charge on any atom is -0.349 e. The summed E-state index contributed by atoms with van der Waals surface area (Å²) in [6.07, 6.45) is 2.67. The third-order valence-corrected chi connectivity index (χ3v) is 3.08. The van der Waals surface area contributed by atoms with Crippen LogP contribution in [0.5, 0.6) is 0 Å². The lowest BCUT2D eigenvalue weighted by molar-refractivity contribution is -0.384. The van der Waals surface area contributed by atoms with Gasteiger partial charge in [0.2, 0.25) is 0 Å². The molecule has 7 heteroatoms. The summed E-state index contributed by atoms with van der Waals surface area (Å²) in [4.78, 5) is 22.4. The van der Waals surface area contributed by atoms with Gasteiger partial charge in [-0.05, 0) is 25.0 Å². The van der Waals surface area contributed by atoms with Crippen molar-refractivity contribution >= 4 is 17.3 Å². The van der Waals surface area contributed by atoms with E-state index in [1.54, 1.807) is 0 Å². The van der Waals surface area contributed by atoms with Crippen LogP contribution in [0.1, 0.15) is 43.5 Å². The third-order valence-electron chi connectivity index (χ3n) is 3.08. The number of hydrazine groups is 1. The predicted molar refractivity (Wildman–Crippen MR) is 77.4 cm³/mol. The van der Waals surface area contributed by atoms with Gasteiger partial charge in [-0.25, -0.2) is 0 Å². The quantitative estimate of drug-likeness (QED) is 0.403. The number of rotatable bonds is 7. The maximum Gasteiger partial charge on any atom is 0.294 e. The number of nitro benzene ring substituents is 1. The van der Waals surface area contributed by atoms with Gasteiger partial charge in [0.1, 0.15) is 5.69 Å². The average molecular weight is 280 g/mol. The van der Waals surface area contributed by atoms with Gasteiger partial charge in [-0.3, -0.25) is 20.8 Å². The summed E-state index contributed by atoms with van der Waals surface area (Å²) >= 11 is 0. The molecule has 1 atom stereocenters. The number of hydrogen-bond acceptors (Lipinski definition) is 5. The Hall–Kier alpha value is -2.15. The Morgan fingerprint density at radius 3 is 2.65 bits per heavy atom. The lowest BCUT2D eigenvalue weighted by atomic mass is 10.1. The molecule has 0 aliphatic carbocycles. The molecule has 0 saturated heterocycles. The number of carbonyl (C=O) groups is 1. The van der Waals surface area contributed by atoms with Gasteiger partial charge in [-0.1, -0.05) is 20.3 Å². The van der Waals surface area contributed by atoms with Crippen LogP contribution in [0.2, 0.25) is 0 Å². The zero-order chi connectivity index (χ0) is 15.1. The van der Waals surface area contributed by atoms with E-state index in [1.165, 1.54) is 18.2 Å². The summed E-state index contributed by atoms with van der Waals surface area (Å²) in [5.41, 5.74) is 2.45. The average Bonchev–Trinajstić information content (AvgIpc) is 2.45. The Labute approximate surface area is 117 Å². The Kier molecular flexibility index (Phi) is 5.92. The maximum atomic E-state index is 12.1. The van der Waals surface area contributed by atoms with Gasteiger partial charge in [-0.15, -0.1) is 0 Å². The molecule has 1 unspecified atom stereocenters. The summed E-state index contributed by atoms with van der Waals surface area (Å²) < 4.78 is 0. The first-order chi connectivity index (χ1) is 9.53. The SMILES string of the molecule is CCCC(CC)NC(=O)c1ccc(NN)c([N+](=O)[O-])c1. The van der Waals surface area contributed by atoms with Crippen molar-refractivity contribution in [3.05, 3.63) is 33.9 Å². The molecule has 0 aliphatic heterocycles. The molecule has 4 N–H and O–H groups in total. The van der Waals surface area contributed by atoms with Gasteiger partial charge in [0.15, 0.2) is 0 Å². The van der Waals surface area contributed by atoms with Crippen molar-refractivity contribution in [3.8, 4) is 0 Å². The van der Waals surface area contributed by atoms with Crippen LogP contribution in [0, 0.1) is 10.1 Å². The molecule has 20 heavy (non-hydrogen) atoms. The predicted octanol–water partition coefficient (Wildman–Crippen LogP) is 2.19. The highest BCUT2D eigenvalue weighted by atomic mass is 16.6. The first-order valence-corrected chi connectivity index (χ1v) is 6.59. The van der Waals surface area contributed by atoms with E-state index in [4.69, 9.17) is 5.84 Å². The highest BCUT2D eigenvalue weighted by Gasteiger charge is 2.18. The number of nitrogens with one attached hydrogen (secondary N) is 2. The molecule has 1 aromatic rings. The van der Waals surface area contributed by atoms with Gasteiger partial charge in [0, 0.05) is 17.7 Å².